The normalized spacial score (nSPS) is 51.3. The van der Waals surface area contributed by atoms with Crippen LogP contribution >= 0.6 is 15.9 Å². The molecule has 0 aromatic carbocycles. The summed E-state index contributed by atoms with van der Waals surface area (Å²) in [5.41, 5.74) is 3.20. The molecule has 0 aliphatic heterocycles. The topological polar surface area (TPSA) is 26.3 Å². The summed E-state index contributed by atoms with van der Waals surface area (Å²) in [6, 6.07) is 0. The van der Waals surface area contributed by atoms with Gasteiger partial charge in [-0.3, -0.25) is 4.79 Å². The lowest BCUT2D eigenvalue weighted by Gasteiger charge is -2.73. The van der Waals surface area contributed by atoms with E-state index in [1.807, 2.05) is 0 Å². The van der Waals surface area contributed by atoms with Gasteiger partial charge in [0.1, 0.15) is 5.33 Å². The van der Waals surface area contributed by atoms with Crippen LogP contribution in [0.4, 0.5) is 0 Å². The second-order valence-electron chi connectivity index (χ2n) is 15.6. The minimum atomic E-state index is -0.105. The average molecular weight is 562 g/mol. The van der Waals surface area contributed by atoms with Gasteiger partial charge in [0.25, 0.3) is 0 Å². The lowest BCUT2D eigenvalue weighted by atomic mass is 9.32. The van der Waals surface area contributed by atoms with E-state index in [1.54, 1.807) is 0 Å². The van der Waals surface area contributed by atoms with Gasteiger partial charge < -0.3 is 4.74 Å². The second-order valence-corrected chi connectivity index (χ2v) is 16.2. The Bertz CT molecular complexity index is 909. The van der Waals surface area contributed by atoms with Crippen molar-refractivity contribution in [2.45, 2.75) is 113 Å². The first-order valence-corrected chi connectivity index (χ1v) is 16.3. The van der Waals surface area contributed by atoms with E-state index in [-0.39, 0.29) is 11.4 Å². The van der Waals surface area contributed by atoms with Crippen LogP contribution in [0.2, 0.25) is 0 Å². The molecule has 5 saturated carbocycles. The largest absolute Gasteiger partial charge is 0.464 e. The van der Waals surface area contributed by atoms with E-state index in [2.05, 4.69) is 71.0 Å². The van der Waals surface area contributed by atoms with E-state index in [0.29, 0.717) is 45.4 Å². The van der Waals surface area contributed by atoms with E-state index < -0.39 is 0 Å². The summed E-state index contributed by atoms with van der Waals surface area (Å²) < 4.78 is 5.91. The third-order valence-corrected chi connectivity index (χ3v) is 14.9. The molecule has 2 nitrogen and oxygen atoms in total. The first kappa shape index (κ1) is 27.3. The Balaban J connectivity index is 1.51. The van der Waals surface area contributed by atoms with Crippen molar-refractivity contribution in [1.29, 1.82) is 0 Å². The Hall–Kier alpha value is -0.310. The highest BCUT2D eigenvalue weighted by Gasteiger charge is 2.70. The monoisotopic (exact) mass is 560 g/mol. The lowest BCUT2D eigenvalue weighted by molar-refractivity contribution is -0.244. The molecule has 0 unspecified atom stereocenters. The molecule has 0 radical (unpaired) electrons. The molecule has 0 bridgehead atoms. The molecular formula is C33H53BrO2. The van der Waals surface area contributed by atoms with Crippen LogP contribution < -0.4 is 0 Å². The maximum atomic E-state index is 12.2. The van der Waals surface area contributed by atoms with Gasteiger partial charge in [-0.15, -0.1) is 0 Å². The standard InChI is InChI=1S/C33H53BrO2/c1-21(2)23-12-16-33(20-36-27(35)19-34)18-17-31(7)24(28(23)33)9-10-26-30(6)14-11-22(3)29(4,5)25(30)13-15-32(26,31)8/h22-26,28H,1,9-20H2,2-8H3/t22-,23-,24+,25-,26+,28+,30-,31+,32+,33+/m0/s1. The van der Waals surface area contributed by atoms with Crippen molar-refractivity contribution in [3.63, 3.8) is 0 Å². The zero-order valence-electron chi connectivity index (χ0n) is 24.4. The van der Waals surface area contributed by atoms with Crippen LogP contribution in [0.3, 0.4) is 0 Å². The van der Waals surface area contributed by atoms with E-state index in [4.69, 9.17) is 4.74 Å². The molecule has 0 aromatic heterocycles. The number of carbonyl (C=O) groups excluding carboxylic acids is 1. The summed E-state index contributed by atoms with van der Waals surface area (Å²) >= 11 is 3.31. The molecule has 5 aliphatic rings. The van der Waals surface area contributed by atoms with Gasteiger partial charge in [-0.2, -0.15) is 0 Å². The van der Waals surface area contributed by atoms with Crippen LogP contribution in [-0.2, 0) is 9.53 Å². The Kier molecular flexibility index (Phi) is 6.70. The molecule has 10 atom stereocenters. The molecule has 0 saturated heterocycles. The van der Waals surface area contributed by atoms with Gasteiger partial charge in [0.2, 0.25) is 0 Å². The molecule has 3 heteroatoms. The predicted octanol–water partition coefficient (Wildman–Crippen LogP) is 9.22. The lowest BCUT2D eigenvalue weighted by Crippen LogP contribution is -2.66. The highest BCUT2D eigenvalue weighted by Crippen LogP contribution is 2.77. The Labute approximate surface area is 230 Å². The number of esters is 1. The van der Waals surface area contributed by atoms with E-state index in [0.717, 1.165) is 23.7 Å². The van der Waals surface area contributed by atoms with Crippen LogP contribution in [0.25, 0.3) is 0 Å². The number of allylic oxidation sites excluding steroid dienone is 1. The number of carbonyl (C=O) groups is 1. The fourth-order valence-electron chi connectivity index (χ4n) is 12.0. The van der Waals surface area contributed by atoms with Crippen molar-refractivity contribution in [2.24, 2.45) is 62.6 Å². The van der Waals surface area contributed by atoms with Crippen LogP contribution in [0.1, 0.15) is 113 Å². The Morgan fingerprint density at radius 3 is 2.28 bits per heavy atom. The number of hydrogen-bond donors (Lipinski definition) is 0. The fraction of sp³-hybridized carbons (Fsp3) is 0.909. The molecule has 5 fully saturated rings. The van der Waals surface area contributed by atoms with Crippen LogP contribution in [-0.4, -0.2) is 17.9 Å². The zero-order valence-corrected chi connectivity index (χ0v) is 25.9. The van der Waals surface area contributed by atoms with Gasteiger partial charge in [0, 0.05) is 5.41 Å². The molecule has 204 valence electrons. The first-order valence-electron chi connectivity index (χ1n) is 15.1. The quantitative estimate of drug-likeness (QED) is 0.194. The zero-order chi connectivity index (χ0) is 26.3. The highest BCUT2D eigenvalue weighted by molar-refractivity contribution is 9.09. The molecule has 0 aromatic rings. The maximum absolute atomic E-state index is 12.2. The maximum Gasteiger partial charge on any atom is 0.316 e. The van der Waals surface area contributed by atoms with Crippen LogP contribution in [0.5, 0.6) is 0 Å². The first-order chi connectivity index (χ1) is 16.8. The highest BCUT2D eigenvalue weighted by atomic mass is 79.9. The summed E-state index contributed by atoms with van der Waals surface area (Å²) in [6.07, 6.45) is 13.3. The number of halogens is 1. The smallest absolute Gasteiger partial charge is 0.316 e. The number of fused-ring (bicyclic) bond motifs is 7. The number of alkyl halides is 1. The van der Waals surface area contributed by atoms with Gasteiger partial charge in [0.15, 0.2) is 0 Å². The SMILES string of the molecule is C=C(C)[C@@H]1CC[C@]2(COC(=O)CBr)CC[C@]3(C)[C@H](CC[C@@H]4[C@@]5(C)CC[C@H](C)C(C)(C)[C@@H]5CC[C@]43C)[C@@H]12. The molecule has 5 rings (SSSR count). The molecule has 0 amide bonds. The van der Waals surface area contributed by atoms with E-state index >= 15 is 0 Å². The second kappa shape index (κ2) is 8.85. The predicted molar refractivity (Wildman–Crippen MR) is 153 cm³/mol. The van der Waals surface area contributed by atoms with Crippen LogP contribution in [0.15, 0.2) is 12.2 Å². The minimum absolute atomic E-state index is 0.105. The van der Waals surface area contributed by atoms with Gasteiger partial charge in [0.05, 0.1) is 6.61 Å². The van der Waals surface area contributed by atoms with E-state index in [9.17, 15) is 4.79 Å². The molecule has 0 heterocycles. The molecular weight excluding hydrogens is 508 g/mol. The van der Waals surface area contributed by atoms with Crippen LogP contribution in [0, 0.1) is 62.6 Å². The summed E-state index contributed by atoms with van der Waals surface area (Å²) in [5.74, 6) is 4.33. The van der Waals surface area contributed by atoms with E-state index in [1.165, 1.54) is 69.8 Å². The van der Waals surface area contributed by atoms with Crippen molar-refractivity contribution in [3.05, 3.63) is 12.2 Å². The minimum Gasteiger partial charge on any atom is -0.464 e. The third kappa shape index (κ3) is 3.55. The van der Waals surface area contributed by atoms with Crippen molar-refractivity contribution in [1.82, 2.24) is 0 Å². The summed E-state index contributed by atoms with van der Waals surface area (Å²) in [4.78, 5) is 12.2. The summed E-state index contributed by atoms with van der Waals surface area (Å²) in [5, 5.41) is 0.299. The third-order valence-electron chi connectivity index (χ3n) is 14.4. The number of ether oxygens (including phenoxy) is 1. The van der Waals surface area contributed by atoms with Gasteiger partial charge in [-0.25, -0.2) is 0 Å². The van der Waals surface area contributed by atoms with Crippen molar-refractivity contribution in [2.75, 3.05) is 11.9 Å². The van der Waals surface area contributed by atoms with Gasteiger partial charge >= 0.3 is 5.97 Å². The fourth-order valence-corrected chi connectivity index (χ4v) is 12.1. The van der Waals surface area contributed by atoms with Crippen molar-refractivity contribution in [3.8, 4) is 0 Å². The average Bonchev–Trinajstić information content (AvgIpc) is 3.21. The van der Waals surface area contributed by atoms with Crippen molar-refractivity contribution < 1.29 is 9.53 Å². The Morgan fingerprint density at radius 2 is 1.61 bits per heavy atom. The molecule has 0 spiro atoms. The Morgan fingerprint density at radius 1 is 0.889 bits per heavy atom. The molecule has 36 heavy (non-hydrogen) atoms. The molecule has 5 aliphatic carbocycles. The summed E-state index contributed by atoms with van der Waals surface area (Å²) in [7, 11) is 0. The van der Waals surface area contributed by atoms with Crippen molar-refractivity contribution >= 4 is 21.9 Å². The number of hydrogen-bond acceptors (Lipinski definition) is 2. The summed E-state index contributed by atoms with van der Waals surface area (Å²) in [6.45, 7) is 23.3. The molecule has 0 N–H and O–H groups in total. The number of rotatable bonds is 4. The van der Waals surface area contributed by atoms with Gasteiger partial charge in [-0.1, -0.05) is 69.6 Å². The van der Waals surface area contributed by atoms with Gasteiger partial charge in [-0.05, 0) is 128 Å².